The molecule has 0 aromatic carbocycles. The Morgan fingerprint density at radius 2 is 2.28 bits per heavy atom. The number of pyridine rings is 1. The molecule has 1 heterocycles. The molecule has 2 atom stereocenters. The lowest BCUT2D eigenvalue weighted by atomic mass is 10.1. The van der Waals surface area contributed by atoms with E-state index < -0.39 is 23.0 Å². The molecule has 0 fully saturated rings. The molecule has 0 saturated carbocycles. The van der Waals surface area contributed by atoms with Gasteiger partial charge < -0.3 is 5.11 Å². The Hall–Kier alpha value is -0.790. The SMILES string of the molecule is CC(C)S(=O)N[C@@H](CC(=O)O)c1ccnc(Br)c1. The number of halogens is 1. The highest BCUT2D eigenvalue weighted by atomic mass is 79.9. The molecule has 1 rings (SSSR count). The van der Waals surface area contributed by atoms with Crippen LogP contribution < -0.4 is 4.72 Å². The van der Waals surface area contributed by atoms with Crippen molar-refractivity contribution in [1.29, 1.82) is 0 Å². The van der Waals surface area contributed by atoms with Crippen LogP contribution in [-0.4, -0.2) is 25.5 Å². The fourth-order valence-corrected chi connectivity index (χ4v) is 2.47. The van der Waals surface area contributed by atoms with Gasteiger partial charge in [-0.2, -0.15) is 0 Å². The molecule has 0 amide bonds. The number of carboxylic acids is 1. The van der Waals surface area contributed by atoms with Crippen LogP contribution in [0.1, 0.15) is 31.9 Å². The normalized spacial score (nSPS) is 14.4. The molecule has 1 aromatic heterocycles. The summed E-state index contributed by atoms with van der Waals surface area (Å²) in [6.07, 6.45) is 1.45. The van der Waals surface area contributed by atoms with Crippen molar-refractivity contribution in [1.82, 2.24) is 9.71 Å². The van der Waals surface area contributed by atoms with Crippen LogP contribution in [0, 0.1) is 0 Å². The number of nitrogens with zero attached hydrogens (tertiary/aromatic N) is 1. The number of carboxylic acid groups (broad SMARTS) is 1. The summed E-state index contributed by atoms with van der Waals surface area (Å²) in [6, 6.07) is 2.94. The van der Waals surface area contributed by atoms with Crippen molar-refractivity contribution in [3.05, 3.63) is 28.5 Å². The topological polar surface area (TPSA) is 79.3 Å². The van der Waals surface area contributed by atoms with E-state index in [1.54, 1.807) is 18.3 Å². The Kier molecular flexibility index (Phi) is 5.90. The zero-order valence-electron chi connectivity index (χ0n) is 10.1. The lowest BCUT2D eigenvalue weighted by molar-refractivity contribution is -0.137. The van der Waals surface area contributed by atoms with Crippen LogP contribution in [0.25, 0.3) is 0 Å². The first-order valence-corrected chi connectivity index (χ1v) is 7.40. The van der Waals surface area contributed by atoms with Gasteiger partial charge in [0.15, 0.2) is 0 Å². The third-order valence-corrected chi connectivity index (χ3v) is 4.03. The van der Waals surface area contributed by atoms with Crippen molar-refractivity contribution in [2.24, 2.45) is 0 Å². The minimum Gasteiger partial charge on any atom is -0.481 e. The van der Waals surface area contributed by atoms with Gasteiger partial charge >= 0.3 is 5.97 Å². The number of aliphatic carboxylic acids is 1. The maximum atomic E-state index is 11.8. The minimum atomic E-state index is -1.27. The van der Waals surface area contributed by atoms with E-state index in [2.05, 4.69) is 25.6 Å². The number of nitrogens with one attached hydrogen (secondary N) is 1. The van der Waals surface area contributed by atoms with Gasteiger partial charge in [0.2, 0.25) is 0 Å². The van der Waals surface area contributed by atoms with Crippen molar-refractivity contribution < 1.29 is 14.1 Å². The predicted octanol–water partition coefficient (Wildman–Crippen LogP) is 2.02. The lowest BCUT2D eigenvalue weighted by Gasteiger charge is -2.18. The summed E-state index contributed by atoms with van der Waals surface area (Å²) in [5.41, 5.74) is 0.744. The van der Waals surface area contributed by atoms with Gasteiger partial charge in [-0.3, -0.25) is 4.79 Å². The maximum Gasteiger partial charge on any atom is 0.305 e. The molecule has 0 aliphatic heterocycles. The Morgan fingerprint density at radius 3 is 2.78 bits per heavy atom. The van der Waals surface area contributed by atoms with E-state index in [-0.39, 0.29) is 11.7 Å². The van der Waals surface area contributed by atoms with Gasteiger partial charge in [-0.15, -0.1) is 0 Å². The van der Waals surface area contributed by atoms with Crippen LogP contribution >= 0.6 is 15.9 Å². The second-order valence-electron chi connectivity index (χ2n) is 4.03. The van der Waals surface area contributed by atoms with Crippen LogP contribution in [0.15, 0.2) is 22.9 Å². The molecule has 7 heteroatoms. The first kappa shape index (κ1) is 15.3. The van der Waals surface area contributed by atoms with Gasteiger partial charge in [0.25, 0.3) is 0 Å². The highest BCUT2D eigenvalue weighted by molar-refractivity contribution is 9.10. The van der Waals surface area contributed by atoms with Gasteiger partial charge in [0, 0.05) is 11.4 Å². The molecule has 0 aliphatic carbocycles. The molecule has 5 nitrogen and oxygen atoms in total. The zero-order valence-corrected chi connectivity index (χ0v) is 12.5. The summed E-state index contributed by atoms with van der Waals surface area (Å²) in [6.45, 7) is 3.62. The molecular formula is C11H15BrN2O3S. The van der Waals surface area contributed by atoms with E-state index in [0.717, 1.165) is 5.56 Å². The number of hydrogen-bond donors (Lipinski definition) is 2. The van der Waals surface area contributed by atoms with Gasteiger partial charge in [0.1, 0.15) is 4.60 Å². The number of hydrogen-bond acceptors (Lipinski definition) is 3. The highest BCUT2D eigenvalue weighted by Crippen LogP contribution is 2.20. The van der Waals surface area contributed by atoms with Crippen LogP contribution in [0.2, 0.25) is 0 Å². The predicted molar refractivity (Wildman–Crippen MR) is 73.3 cm³/mol. The smallest absolute Gasteiger partial charge is 0.305 e. The van der Waals surface area contributed by atoms with Gasteiger partial charge in [-0.1, -0.05) is 0 Å². The maximum absolute atomic E-state index is 11.8. The fraction of sp³-hybridized carbons (Fsp3) is 0.455. The Labute approximate surface area is 117 Å². The molecule has 18 heavy (non-hydrogen) atoms. The third-order valence-electron chi connectivity index (χ3n) is 2.22. The largest absolute Gasteiger partial charge is 0.481 e. The summed E-state index contributed by atoms with van der Waals surface area (Å²) in [4.78, 5) is 14.8. The van der Waals surface area contributed by atoms with E-state index in [1.165, 1.54) is 0 Å². The summed E-state index contributed by atoms with van der Waals surface area (Å²) >= 11 is 3.23. The number of rotatable bonds is 6. The molecule has 0 spiro atoms. The molecule has 0 radical (unpaired) electrons. The minimum absolute atomic E-state index is 0.0772. The number of carbonyl (C=O) groups is 1. The second kappa shape index (κ2) is 6.96. The van der Waals surface area contributed by atoms with Crippen LogP contribution in [0.3, 0.4) is 0 Å². The van der Waals surface area contributed by atoms with Crippen molar-refractivity contribution in [3.8, 4) is 0 Å². The first-order chi connectivity index (χ1) is 8.40. The summed E-state index contributed by atoms with van der Waals surface area (Å²) in [5.74, 6) is -0.943. The quantitative estimate of drug-likeness (QED) is 0.780. The second-order valence-corrected chi connectivity index (χ2v) is 6.61. The van der Waals surface area contributed by atoms with Gasteiger partial charge in [-0.25, -0.2) is 13.9 Å². The average molecular weight is 335 g/mol. The van der Waals surface area contributed by atoms with Crippen molar-refractivity contribution in [2.45, 2.75) is 31.6 Å². The van der Waals surface area contributed by atoms with Crippen molar-refractivity contribution in [2.75, 3.05) is 0 Å². The van der Waals surface area contributed by atoms with Gasteiger partial charge in [0.05, 0.1) is 23.4 Å². The van der Waals surface area contributed by atoms with Gasteiger partial charge in [-0.05, 0) is 47.5 Å². The fourth-order valence-electron chi connectivity index (χ4n) is 1.31. The molecular weight excluding hydrogens is 320 g/mol. The van der Waals surface area contributed by atoms with E-state index in [1.807, 2.05) is 13.8 Å². The molecule has 0 saturated heterocycles. The molecule has 100 valence electrons. The third kappa shape index (κ3) is 4.83. The van der Waals surface area contributed by atoms with E-state index in [9.17, 15) is 9.00 Å². The van der Waals surface area contributed by atoms with Crippen LogP contribution in [-0.2, 0) is 15.8 Å². The summed E-state index contributed by atoms with van der Waals surface area (Å²) < 4.78 is 15.2. The Bertz CT molecular complexity index is 454. The van der Waals surface area contributed by atoms with E-state index in [0.29, 0.717) is 4.60 Å². The average Bonchev–Trinajstić information content (AvgIpc) is 2.27. The molecule has 0 aliphatic rings. The molecule has 2 N–H and O–H groups in total. The van der Waals surface area contributed by atoms with Crippen molar-refractivity contribution in [3.63, 3.8) is 0 Å². The monoisotopic (exact) mass is 334 g/mol. The molecule has 0 bridgehead atoms. The zero-order chi connectivity index (χ0) is 13.7. The van der Waals surface area contributed by atoms with Crippen molar-refractivity contribution >= 4 is 32.9 Å². The highest BCUT2D eigenvalue weighted by Gasteiger charge is 2.19. The summed E-state index contributed by atoms with van der Waals surface area (Å²) in [7, 11) is -1.27. The number of aromatic nitrogens is 1. The Morgan fingerprint density at radius 1 is 1.61 bits per heavy atom. The van der Waals surface area contributed by atoms with E-state index >= 15 is 0 Å². The standard InChI is InChI=1S/C11H15BrN2O3S/c1-7(2)18(17)14-9(6-11(15)16)8-3-4-13-10(12)5-8/h3-5,7,9,14H,6H2,1-2H3,(H,15,16)/t9-,18?/m0/s1. The molecule has 1 unspecified atom stereocenters. The molecule has 1 aromatic rings. The lowest BCUT2D eigenvalue weighted by Crippen LogP contribution is -2.30. The van der Waals surface area contributed by atoms with Crippen LogP contribution in [0.5, 0.6) is 0 Å². The first-order valence-electron chi connectivity index (χ1n) is 5.40. The van der Waals surface area contributed by atoms with E-state index in [4.69, 9.17) is 5.11 Å². The van der Waals surface area contributed by atoms with Crippen LogP contribution in [0.4, 0.5) is 0 Å². The Balaban J connectivity index is 2.91. The summed E-state index contributed by atoms with van der Waals surface area (Å²) in [5, 5.41) is 8.82.